The molecule has 3 rings (SSSR count). The lowest BCUT2D eigenvalue weighted by atomic mass is 10.2. The molecule has 122 valence electrons. The van der Waals surface area contributed by atoms with Crippen molar-refractivity contribution in [2.75, 3.05) is 4.90 Å². The fourth-order valence-corrected chi connectivity index (χ4v) is 5.21. The number of fused-ring (bicyclic) bond motifs is 1. The molecule has 0 bridgehead atoms. The number of amides is 1. The van der Waals surface area contributed by atoms with Crippen molar-refractivity contribution >= 4 is 51.9 Å². The van der Waals surface area contributed by atoms with Crippen molar-refractivity contribution in [2.24, 2.45) is 0 Å². The van der Waals surface area contributed by atoms with E-state index in [1.54, 1.807) is 39.3 Å². The number of ether oxygens (including phenoxy) is 1. The molecular weight excluding hydrogens is 346 g/mol. The van der Waals surface area contributed by atoms with Crippen molar-refractivity contribution in [3.05, 3.63) is 38.7 Å². The number of thiophene rings is 2. The van der Waals surface area contributed by atoms with E-state index in [2.05, 4.69) is 13.0 Å². The molecule has 0 fully saturated rings. The van der Waals surface area contributed by atoms with Crippen molar-refractivity contribution in [1.82, 2.24) is 0 Å². The van der Waals surface area contributed by atoms with Gasteiger partial charge in [0, 0.05) is 10.3 Å². The minimum atomic E-state index is -0.522. The van der Waals surface area contributed by atoms with E-state index in [-0.39, 0.29) is 6.09 Å². The molecule has 0 atom stereocenters. The van der Waals surface area contributed by atoms with E-state index in [1.807, 2.05) is 43.7 Å². The highest BCUT2D eigenvalue weighted by Gasteiger charge is 2.32. The van der Waals surface area contributed by atoms with Crippen molar-refractivity contribution in [3.63, 3.8) is 0 Å². The van der Waals surface area contributed by atoms with Gasteiger partial charge >= 0.3 is 6.09 Å². The predicted molar refractivity (Wildman–Crippen MR) is 101 cm³/mol. The van der Waals surface area contributed by atoms with Crippen molar-refractivity contribution in [3.8, 4) is 0 Å². The van der Waals surface area contributed by atoms with E-state index in [0.717, 1.165) is 26.9 Å². The number of aryl methyl sites for hydroxylation is 1. The molecule has 0 radical (unpaired) electrons. The van der Waals surface area contributed by atoms with Crippen LogP contribution in [0.3, 0.4) is 0 Å². The summed E-state index contributed by atoms with van der Waals surface area (Å²) in [6, 6.07) is 6.14. The van der Waals surface area contributed by atoms with Crippen LogP contribution in [0.1, 0.15) is 37.4 Å². The topological polar surface area (TPSA) is 29.5 Å². The zero-order valence-electron chi connectivity index (χ0n) is 13.6. The number of carbonyl (C=O) groups excluding carboxylic acids is 1. The van der Waals surface area contributed by atoms with Gasteiger partial charge in [0.2, 0.25) is 0 Å². The average Bonchev–Trinajstić information content (AvgIpc) is 3.12. The van der Waals surface area contributed by atoms with Crippen LogP contribution in [0.25, 0.3) is 5.70 Å². The quantitative estimate of drug-likeness (QED) is 0.633. The van der Waals surface area contributed by atoms with Crippen LogP contribution in [-0.4, -0.2) is 11.7 Å². The lowest BCUT2D eigenvalue weighted by Gasteiger charge is -2.30. The molecule has 0 aliphatic carbocycles. The van der Waals surface area contributed by atoms with Crippen LogP contribution in [0, 0.1) is 0 Å². The highest BCUT2D eigenvalue weighted by molar-refractivity contribution is 8.04. The van der Waals surface area contributed by atoms with Crippen LogP contribution in [0.4, 0.5) is 10.5 Å². The minimum Gasteiger partial charge on any atom is -0.443 e. The van der Waals surface area contributed by atoms with Gasteiger partial charge in [-0.15, -0.1) is 22.7 Å². The summed E-state index contributed by atoms with van der Waals surface area (Å²) in [7, 11) is 0. The van der Waals surface area contributed by atoms with Crippen LogP contribution >= 0.6 is 34.4 Å². The lowest BCUT2D eigenvalue weighted by Crippen LogP contribution is -2.36. The Kier molecular flexibility index (Phi) is 4.58. The number of hydrogen-bond donors (Lipinski definition) is 0. The van der Waals surface area contributed by atoms with Gasteiger partial charge in [-0.2, -0.15) is 0 Å². The summed E-state index contributed by atoms with van der Waals surface area (Å²) in [6.45, 7) is 7.81. The summed E-state index contributed by atoms with van der Waals surface area (Å²) < 4.78 is 6.80. The Bertz CT molecular complexity index is 738. The van der Waals surface area contributed by atoms with Crippen LogP contribution in [0.2, 0.25) is 0 Å². The standard InChI is InChI=1S/C17H19NO2S3/c1-5-11-9-12-15(23-11)22-10-13(14-7-6-8-21-14)18(12)16(19)20-17(2,3)4/h6-10H,5H2,1-4H3. The van der Waals surface area contributed by atoms with Crippen LogP contribution in [0.5, 0.6) is 0 Å². The van der Waals surface area contributed by atoms with Gasteiger partial charge in [-0.25, -0.2) is 9.69 Å². The molecule has 23 heavy (non-hydrogen) atoms. The summed E-state index contributed by atoms with van der Waals surface area (Å²) in [6.07, 6.45) is 0.647. The summed E-state index contributed by atoms with van der Waals surface area (Å²) in [5.41, 5.74) is 1.32. The third-order valence-corrected chi connectivity index (χ3v) is 6.45. The van der Waals surface area contributed by atoms with Gasteiger partial charge < -0.3 is 4.74 Å². The lowest BCUT2D eigenvalue weighted by molar-refractivity contribution is 0.0600. The van der Waals surface area contributed by atoms with Gasteiger partial charge in [0.05, 0.1) is 20.5 Å². The maximum atomic E-state index is 12.8. The van der Waals surface area contributed by atoms with E-state index >= 15 is 0 Å². The van der Waals surface area contributed by atoms with E-state index in [9.17, 15) is 4.79 Å². The van der Waals surface area contributed by atoms with Gasteiger partial charge in [-0.1, -0.05) is 24.8 Å². The molecule has 0 saturated heterocycles. The highest BCUT2D eigenvalue weighted by Crippen LogP contribution is 2.48. The summed E-state index contributed by atoms with van der Waals surface area (Å²) in [4.78, 5) is 16.9. The fourth-order valence-electron chi connectivity index (χ4n) is 2.22. The summed E-state index contributed by atoms with van der Waals surface area (Å²) in [5, 5.41) is 4.07. The van der Waals surface area contributed by atoms with E-state index < -0.39 is 5.60 Å². The van der Waals surface area contributed by atoms with Gasteiger partial charge in [0.25, 0.3) is 0 Å². The second-order valence-corrected chi connectivity index (χ2v) is 9.38. The molecule has 6 heteroatoms. The second-order valence-electron chi connectivity index (χ2n) is 6.15. The van der Waals surface area contributed by atoms with Crippen molar-refractivity contribution in [2.45, 2.75) is 43.9 Å². The number of hydrogen-bond acceptors (Lipinski definition) is 5. The second kappa shape index (κ2) is 6.34. The Morgan fingerprint density at radius 2 is 2.13 bits per heavy atom. The maximum Gasteiger partial charge on any atom is 0.419 e. The molecular formula is C17H19NO2S3. The van der Waals surface area contributed by atoms with Gasteiger partial charge in [0.15, 0.2) is 0 Å². The van der Waals surface area contributed by atoms with Crippen molar-refractivity contribution in [1.29, 1.82) is 0 Å². The van der Waals surface area contributed by atoms with Gasteiger partial charge in [0.1, 0.15) is 5.60 Å². The van der Waals surface area contributed by atoms with Crippen LogP contribution < -0.4 is 4.90 Å². The number of thioether (sulfide) groups is 1. The first-order valence-corrected chi connectivity index (χ1v) is 10.0. The number of carbonyl (C=O) groups is 1. The highest BCUT2D eigenvalue weighted by atomic mass is 32.2. The molecule has 1 amide bonds. The Labute approximate surface area is 149 Å². The molecule has 0 N–H and O–H groups in total. The third kappa shape index (κ3) is 3.49. The van der Waals surface area contributed by atoms with Crippen molar-refractivity contribution < 1.29 is 9.53 Å². The third-order valence-electron chi connectivity index (χ3n) is 3.19. The first kappa shape index (κ1) is 16.6. The SMILES string of the molecule is CCc1cc2c(s1)SC=C(c1cccs1)N2C(=O)OC(C)(C)C. The summed E-state index contributed by atoms with van der Waals surface area (Å²) >= 11 is 5.06. The largest absolute Gasteiger partial charge is 0.443 e. The van der Waals surface area contributed by atoms with Crippen LogP contribution in [-0.2, 0) is 11.2 Å². The molecule has 0 saturated carbocycles. The Morgan fingerprint density at radius 1 is 1.35 bits per heavy atom. The first-order valence-electron chi connectivity index (χ1n) is 7.45. The number of nitrogens with zero attached hydrogens (tertiary/aromatic N) is 1. The van der Waals surface area contributed by atoms with E-state index in [0.29, 0.717) is 0 Å². The van der Waals surface area contributed by atoms with Crippen LogP contribution in [0.15, 0.2) is 33.2 Å². The van der Waals surface area contributed by atoms with E-state index in [1.165, 1.54) is 4.88 Å². The fraction of sp³-hybridized carbons (Fsp3) is 0.353. The van der Waals surface area contributed by atoms with Gasteiger partial charge in [-0.05, 0) is 44.7 Å². The summed E-state index contributed by atoms with van der Waals surface area (Å²) in [5.74, 6) is 0. The number of rotatable bonds is 2. The molecule has 3 nitrogen and oxygen atoms in total. The number of anilines is 1. The Morgan fingerprint density at radius 3 is 2.74 bits per heavy atom. The molecule has 2 aromatic rings. The monoisotopic (exact) mass is 365 g/mol. The van der Waals surface area contributed by atoms with E-state index in [4.69, 9.17) is 4.74 Å². The molecule has 0 spiro atoms. The molecule has 1 aliphatic heterocycles. The molecule has 3 heterocycles. The Balaban J connectivity index is 2.03. The first-order chi connectivity index (χ1) is 10.9. The molecule has 0 unspecified atom stereocenters. The molecule has 2 aromatic heterocycles. The molecule has 0 aromatic carbocycles. The average molecular weight is 366 g/mol. The maximum absolute atomic E-state index is 12.8. The smallest absolute Gasteiger partial charge is 0.419 e. The zero-order chi connectivity index (χ0) is 16.6. The predicted octanol–water partition coefficient (Wildman–Crippen LogP) is 6.22. The Hall–Kier alpha value is -1.24. The minimum absolute atomic E-state index is 0.320. The normalized spacial score (nSPS) is 14.4. The zero-order valence-corrected chi connectivity index (χ0v) is 16.0. The van der Waals surface area contributed by atoms with Gasteiger partial charge in [-0.3, -0.25) is 0 Å². The molecule has 1 aliphatic rings.